The molecule has 0 radical (unpaired) electrons. The molecule has 3 unspecified atom stereocenters. The molecule has 3 aromatic carbocycles. The van der Waals surface area contributed by atoms with E-state index in [1.807, 2.05) is 42.5 Å². The number of hydrogen-bond donors (Lipinski definition) is 1. The van der Waals surface area contributed by atoms with Gasteiger partial charge in [-0.3, -0.25) is 14.4 Å². The molecule has 2 aliphatic rings. The van der Waals surface area contributed by atoms with E-state index in [1.165, 1.54) is 10.6 Å². The number of benzene rings is 3. The molecule has 3 aromatic rings. The number of carbonyl (C=O) groups excluding carboxylic acids is 2. The topological polar surface area (TPSA) is 96.0 Å². The van der Waals surface area contributed by atoms with Gasteiger partial charge in [-0.05, 0) is 47.7 Å². The molecule has 5 rings (SSSR count). The fourth-order valence-corrected chi connectivity index (χ4v) is 7.06. The number of nitrogens with one attached hydrogen (secondary N) is 1. The minimum Gasteiger partial charge on any atom is -0.329 e. The van der Waals surface area contributed by atoms with Crippen molar-refractivity contribution in [2.24, 2.45) is 0 Å². The highest BCUT2D eigenvalue weighted by Crippen LogP contribution is 2.43. The molecule has 0 aliphatic carbocycles. The zero-order chi connectivity index (χ0) is 28.3. The van der Waals surface area contributed by atoms with Crippen molar-refractivity contribution >= 4 is 33.4 Å². The first-order valence-electron chi connectivity index (χ1n) is 13.3. The molecule has 10 heteroatoms. The quantitative estimate of drug-likeness (QED) is 0.390. The molecule has 2 aliphatic heterocycles. The fraction of sp³-hybridized carbons (Fsp3) is 0.333. The predicted molar refractivity (Wildman–Crippen MR) is 153 cm³/mol. The summed E-state index contributed by atoms with van der Waals surface area (Å²) in [6.07, 6.45) is 3.46. The molecule has 1 fully saturated rings. The van der Waals surface area contributed by atoms with Gasteiger partial charge < -0.3 is 4.90 Å². The van der Waals surface area contributed by atoms with E-state index in [0.717, 1.165) is 24.0 Å². The smallest absolute Gasteiger partial charge is 0.254 e. The number of halogens is 1. The SMILES string of the molecule is CS(=O)(=O)N1CCCCC1CN1C(=O)c2ccccc2C(C(=O)NOCc2ccccc2)C1c1ccc(Cl)cc1. The van der Waals surface area contributed by atoms with E-state index in [9.17, 15) is 18.0 Å². The van der Waals surface area contributed by atoms with Crippen molar-refractivity contribution in [3.63, 3.8) is 0 Å². The van der Waals surface area contributed by atoms with Crippen LogP contribution in [0.3, 0.4) is 0 Å². The molecule has 8 nitrogen and oxygen atoms in total. The van der Waals surface area contributed by atoms with E-state index in [0.29, 0.717) is 29.1 Å². The Morgan fingerprint density at radius 1 is 1.00 bits per heavy atom. The van der Waals surface area contributed by atoms with Crippen LogP contribution in [0.25, 0.3) is 0 Å². The van der Waals surface area contributed by atoms with Crippen LogP contribution in [-0.4, -0.2) is 54.8 Å². The van der Waals surface area contributed by atoms with Crippen molar-refractivity contribution in [2.75, 3.05) is 19.3 Å². The second kappa shape index (κ2) is 12.1. The van der Waals surface area contributed by atoms with Gasteiger partial charge in [-0.15, -0.1) is 0 Å². The first-order chi connectivity index (χ1) is 19.2. The van der Waals surface area contributed by atoms with Gasteiger partial charge in [0.25, 0.3) is 11.8 Å². The minimum absolute atomic E-state index is 0.155. The van der Waals surface area contributed by atoms with E-state index in [1.54, 1.807) is 41.3 Å². The molecule has 3 atom stereocenters. The van der Waals surface area contributed by atoms with Gasteiger partial charge in [-0.2, -0.15) is 4.31 Å². The predicted octanol–water partition coefficient (Wildman–Crippen LogP) is 4.68. The Bertz CT molecular complexity index is 1470. The lowest BCUT2D eigenvalue weighted by Gasteiger charge is -2.45. The van der Waals surface area contributed by atoms with Crippen LogP contribution in [0.1, 0.15) is 58.3 Å². The maximum absolute atomic E-state index is 14.0. The number of carbonyl (C=O) groups is 2. The largest absolute Gasteiger partial charge is 0.329 e. The Morgan fingerprint density at radius 3 is 2.42 bits per heavy atom. The number of piperidine rings is 1. The highest BCUT2D eigenvalue weighted by atomic mass is 35.5. The van der Waals surface area contributed by atoms with Crippen LogP contribution >= 0.6 is 11.6 Å². The Labute approximate surface area is 239 Å². The number of fused-ring (bicyclic) bond motifs is 1. The summed E-state index contributed by atoms with van der Waals surface area (Å²) in [7, 11) is -3.48. The van der Waals surface area contributed by atoms with Gasteiger partial charge >= 0.3 is 0 Å². The summed E-state index contributed by atoms with van der Waals surface area (Å²) in [5, 5.41) is 0.528. The Kier molecular flexibility index (Phi) is 8.56. The summed E-state index contributed by atoms with van der Waals surface area (Å²) >= 11 is 6.19. The molecule has 2 amide bonds. The number of sulfonamides is 1. The molecule has 1 saturated heterocycles. The molecule has 1 N–H and O–H groups in total. The van der Waals surface area contributed by atoms with Gasteiger partial charge in [0.15, 0.2) is 0 Å². The van der Waals surface area contributed by atoms with E-state index in [2.05, 4.69) is 5.48 Å². The average molecular weight is 582 g/mol. The summed E-state index contributed by atoms with van der Waals surface area (Å²) in [4.78, 5) is 35.2. The molecular weight excluding hydrogens is 550 g/mol. The van der Waals surface area contributed by atoms with Crippen LogP contribution in [0.15, 0.2) is 78.9 Å². The number of amides is 2. The second-order valence-electron chi connectivity index (χ2n) is 10.3. The Balaban J connectivity index is 1.53. The Morgan fingerprint density at radius 2 is 1.70 bits per heavy atom. The number of rotatable bonds is 8. The zero-order valence-corrected chi connectivity index (χ0v) is 23.8. The van der Waals surface area contributed by atoms with Gasteiger partial charge in [0, 0.05) is 29.7 Å². The summed E-state index contributed by atoms with van der Waals surface area (Å²) in [6, 6.07) is 22.5. The molecular formula is C30H32ClN3O5S. The van der Waals surface area contributed by atoms with E-state index in [-0.39, 0.29) is 19.1 Å². The minimum atomic E-state index is -3.48. The third kappa shape index (κ3) is 6.07. The van der Waals surface area contributed by atoms with E-state index < -0.39 is 33.9 Å². The lowest BCUT2D eigenvalue weighted by Crippen LogP contribution is -2.54. The van der Waals surface area contributed by atoms with Gasteiger partial charge in [0.2, 0.25) is 10.0 Å². The van der Waals surface area contributed by atoms with Crippen LogP contribution in [0, 0.1) is 0 Å². The van der Waals surface area contributed by atoms with Crippen molar-refractivity contribution in [3.8, 4) is 0 Å². The van der Waals surface area contributed by atoms with Crippen LogP contribution in [0.5, 0.6) is 0 Å². The highest BCUT2D eigenvalue weighted by Gasteiger charge is 2.46. The number of hydroxylamine groups is 1. The second-order valence-corrected chi connectivity index (χ2v) is 12.7. The molecule has 40 heavy (non-hydrogen) atoms. The van der Waals surface area contributed by atoms with E-state index >= 15 is 0 Å². The van der Waals surface area contributed by atoms with Gasteiger partial charge in [0.1, 0.15) is 0 Å². The summed E-state index contributed by atoms with van der Waals surface area (Å²) in [5.74, 6) is -1.45. The molecule has 0 aromatic heterocycles. The summed E-state index contributed by atoms with van der Waals surface area (Å²) < 4.78 is 26.8. The van der Waals surface area contributed by atoms with E-state index in [4.69, 9.17) is 16.4 Å². The standard InChI is InChI=1S/C30H32ClN3O5S/c1-40(37,38)34-18-8-7-11-24(34)19-33-28(22-14-16-23(31)17-15-22)27(25-12-5-6-13-26(25)30(33)36)29(35)32-39-20-21-9-3-2-4-10-21/h2-6,9-10,12-17,24,27-28H,7-8,11,18-20H2,1H3,(H,32,35). The lowest BCUT2D eigenvalue weighted by atomic mass is 9.79. The molecule has 0 spiro atoms. The summed E-state index contributed by atoms with van der Waals surface area (Å²) in [5.41, 5.74) is 5.24. The molecule has 0 saturated carbocycles. The zero-order valence-electron chi connectivity index (χ0n) is 22.2. The molecule has 2 heterocycles. The van der Waals surface area contributed by atoms with Crippen LogP contribution < -0.4 is 5.48 Å². The monoisotopic (exact) mass is 581 g/mol. The van der Waals surface area contributed by atoms with Crippen molar-refractivity contribution in [3.05, 3.63) is 106 Å². The van der Waals surface area contributed by atoms with Gasteiger partial charge in [-0.25, -0.2) is 13.9 Å². The van der Waals surface area contributed by atoms with Gasteiger partial charge in [-0.1, -0.05) is 78.7 Å². The van der Waals surface area contributed by atoms with Gasteiger partial charge in [0.05, 0.1) is 24.8 Å². The lowest BCUT2D eigenvalue weighted by molar-refractivity contribution is -0.138. The van der Waals surface area contributed by atoms with Crippen molar-refractivity contribution in [2.45, 2.75) is 43.9 Å². The number of hydrogen-bond acceptors (Lipinski definition) is 5. The van der Waals surface area contributed by atoms with Crippen molar-refractivity contribution in [1.82, 2.24) is 14.7 Å². The summed E-state index contributed by atoms with van der Waals surface area (Å²) in [6.45, 7) is 0.744. The highest BCUT2D eigenvalue weighted by molar-refractivity contribution is 7.88. The average Bonchev–Trinajstić information content (AvgIpc) is 2.95. The Hall–Kier alpha value is -3.24. The molecule has 210 valence electrons. The molecule has 0 bridgehead atoms. The van der Waals surface area contributed by atoms with Crippen LogP contribution in [-0.2, 0) is 26.3 Å². The third-order valence-electron chi connectivity index (χ3n) is 7.59. The van der Waals surface area contributed by atoms with Crippen molar-refractivity contribution in [1.29, 1.82) is 0 Å². The first kappa shape index (κ1) is 28.3. The third-order valence-corrected chi connectivity index (χ3v) is 9.18. The maximum atomic E-state index is 14.0. The fourth-order valence-electron chi connectivity index (χ4n) is 5.76. The maximum Gasteiger partial charge on any atom is 0.254 e. The normalized spacial score (nSPS) is 21.6. The first-order valence-corrected chi connectivity index (χ1v) is 15.5. The van der Waals surface area contributed by atoms with Crippen LogP contribution in [0.2, 0.25) is 5.02 Å². The number of nitrogens with zero attached hydrogens (tertiary/aromatic N) is 2. The van der Waals surface area contributed by atoms with Crippen molar-refractivity contribution < 1.29 is 22.8 Å². The van der Waals surface area contributed by atoms with Crippen LogP contribution in [0.4, 0.5) is 0 Å².